The number of ether oxygens (including phenoxy) is 2. The number of aliphatic imine (C=N–C) groups is 1. The molecule has 3 rings (SSSR count). The summed E-state index contributed by atoms with van der Waals surface area (Å²) in [6.07, 6.45) is 3.47. The SMILES string of the molecule is CCNC(=NCc1ccc(C)cc1OC1CCOC1)NCCCCN1CCN(CC)CC1.I. The van der Waals surface area contributed by atoms with Gasteiger partial charge >= 0.3 is 0 Å². The van der Waals surface area contributed by atoms with Gasteiger partial charge in [0.25, 0.3) is 0 Å². The van der Waals surface area contributed by atoms with Crippen LogP contribution in [0.3, 0.4) is 0 Å². The summed E-state index contributed by atoms with van der Waals surface area (Å²) in [4.78, 5) is 9.95. The highest BCUT2D eigenvalue weighted by Gasteiger charge is 2.19. The number of hydrogen-bond donors (Lipinski definition) is 2. The van der Waals surface area contributed by atoms with E-state index in [1.165, 1.54) is 51.3 Å². The van der Waals surface area contributed by atoms with Crippen LogP contribution in [-0.2, 0) is 11.3 Å². The van der Waals surface area contributed by atoms with Crippen molar-refractivity contribution in [1.82, 2.24) is 20.4 Å². The second-order valence-electron chi connectivity index (χ2n) is 8.82. The summed E-state index contributed by atoms with van der Waals surface area (Å²) in [5.74, 6) is 1.81. The van der Waals surface area contributed by atoms with Crippen LogP contribution in [0.4, 0.5) is 0 Å². The zero-order chi connectivity index (χ0) is 22.6. The van der Waals surface area contributed by atoms with Crippen LogP contribution in [0.15, 0.2) is 23.2 Å². The van der Waals surface area contributed by atoms with Crippen LogP contribution < -0.4 is 15.4 Å². The average molecular weight is 574 g/mol. The largest absolute Gasteiger partial charge is 0.488 e. The third-order valence-electron chi connectivity index (χ3n) is 6.26. The molecule has 0 amide bonds. The molecule has 7 nitrogen and oxygen atoms in total. The first-order valence-electron chi connectivity index (χ1n) is 12.5. The molecule has 1 aromatic carbocycles. The van der Waals surface area contributed by atoms with E-state index in [1.807, 2.05) is 0 Å². The third-order valence-corrected chi connectivity index (χ3v) is 6.26. The molecular weight excluding hydrogens is 529 g/mol. The second-order valence-corrected chi connectivity index (χ2v) is 8.82. The van der Waals surface area contributed by atoms with Gasteiger partial charge in [-0.05, 0) is 51.4 Å². The van der Waals surface area contributed by atoms with Gasteiger partial charge in [0, 0.05) is 51.3 Å². The van der Waals surface area contributed by atoms with Crippen molar-refractivity contribution in [3.05, 3.63) is 29.3 Å². The molecule has 0 radical (unpaired) electrons. The van der Waals surface area contributed by atoms with E-state index in [4.69, 9.17) is 14.5 Å². The van der Waals surface area contributed by atoms with Gasteiger partial charge in [0.2, 0.25) is 0 Å². The number of piperazine rings is 1. The highest BCUT2D eigenvalue weighted by atomic mass is 127. The zero-order valence-corrected chi connectivity index (χ0v) is 23.1. The van der Waals surface area contributed by atoms with E-state index in [1.54, 1.807) is 0 Å². The molecule has 1 atom stereocenters. The Balaban J connectivity index is 0.00000385. The van der Waals surface area contributed by atoms with Gasteiger partial charge in [-0.2, -0.15) is 0 Å². The standard InChI is InChI=1S/C25H43N5O2.HI/c1-4-26-25(27-11-6-7-12-30-15-13-29(5-2)14-16-30)28-19-22-9-8-21(3)18-24(22)32-23-10-17-31-20-23;/h8-9,18,23H,4-7,10-17,19-20H2,1-3H3,(H2,26,27,28);1H. The summed E-state index contributed by atoms with van der Waals surface area (Å²) in [5, 5.41) is 6.87. The molecule has 8 heteroatoms. The quantitative estimate of drug-likeness (QED) is 0.184. The van der Waals surface area contributed by atoms with E-state index in [9.17, 15) is 0 Å². The molecular formula is C25H44IN5O2. The van der Waals surface area contributed by atoms with Crippen LogP contribution in [0, 0.1) is 6.92 Å². The number of unbranched alkanes of at least 4 members (excludes halogenated alkanes) is 1. The van der Waals surface area contributed by atoms with Crippen molar-refractivity contribution in [3.8, 4) is 5.75 Å². The van der Waals surface area contributed by atoms with E-state index in [0.717, 1.165) is 49.8 Å². The summed E-state index contributed by atoms with van der Waals surface area (Å²) >= 11 is 0. The Morgan fingerprint density at radius 1 is 1.12 bits per heavy atom. The lowest BCUT2D eigenvalue weighted by Crippen LogP contribution is -2.46. The molecule has 2 fully saturated rings. The van der Waals surface area contributed by atoms with Gasteiger partial charge in [0.15, 0.2) is 5.96 Å². The fraction of sp³-hybridized carbons (Fsp3) is 0.720. The Morgan fingerprint density at radius 2 is 1.91 bits per heavy atom. The third kappa shape index (κ3) is 9.96. The number of halogens is 1. The molecule has 0 bridgehead atoms. The van der Waals surface area contributed by atoms with Crippen molar-refractivity contribution >= 4 is 29.9 Å². The van der Waals surface area contributed by atoms with Crippen LogP contribution in [0.25, 0.3) is 0 Å². The Kier molecular flexibility index (Phi) is 13.4. The van der Waals surface area contributed by atoms with Gasteiger partial charge in [-0.25, -0.2) is 4.99 Å². The van der Waals surface area contributed by atoms with E-state index < -0.39 is 0 Å². The normalized spacial score (nSPS) is 19.8. The van der Waals surface area contributed by atoms with Gasteiger partial charge in [0.1, 0.15) is 11.9 Å². The van der Waals surface area contributed by atoms with Crippen molar-refractivity contribution in [1.29, 1.82) is 0 Å². The Morgan fingerprint density at radius 3 is 2.61 bits per heavy atom. The molecule has 0 spiro atoms. The molecule has 188 valence electrons. The molecule has 2 saturated heterocycles. The lowest BCUT2D eigenvalue weighted by Gasteiger charge is -2.34. The first-order valence-corrected chi connectivity index (χ1v) is 12.5. The van der Waals surface area contributed by atoms with Gasteiger partial charge < -0.3 is 29.9 Å². The molecule has 0 aromatic heterocycles. The predicted molar refractivity (Wildman–Crippen MR) is 147 cm³/mol. The number of aryl methyl sites for hydroxylation is 1. The number of rotatable bonds is 11. The summed E-state index contributed by atoms with van der Waals surface area (Å²) in [6.45, 7) is 17.5. The Bertz CT molecular complexity index is 704. The number of nitrogens with zero attached hydrogens (tertiary/aromatic N) is 3. The van der Waals surface area contributed by atoms with Crippen molar-refractivity contribution < 1.29 is 9.47 Å². The van der Waals surface area contributed by atoms with E-state index in [2.05, 4.69) is 59.4 Å². The summed E-state index contributed by atoms with van der Waals surface area (Å²) < 4.78 is 11.7. The molecule has 2 aliphatic rings. The van der Waals surface area contributed by atoms with Gasteiger partial charge in [0.05, 0.1) is 19.8 Å². The minimum Gasteiger partial charge on any atom is -0.488 e. The van der Waals surface area contributed by atoms with Crippen molar-refractivity contribution in [2.45, 2.75) is 52.7 Å². The summed E-state index contributed by atoms with van der Waals surface area (Å²) in [5.41, 5.74) is 2.32. The molecule has 2 aliphatic heterocycles. The van der Waals surface area contributed by atoms with Crippen LogP contribution in [0.2, 0.25) is 0 Å². The van der Waals surface area contributed by atoms with Crippen LogP contribution in [0.5, 0.6) is 5.75 Å². The number of likely N-dealkylation sites (N-methyl/N-ethyl adjacent to an activating group) is 1. The van der Waals surface area contributed by atoms with Crippen molar-refractivity contribution in [3.63, 3.8) is 0 Å². The summed E-state index contributed by atoms with van der Waals surface area (Å²) in [7, 11) is 0. The molecule has 1 unspecified atom stereocenters. The first-order chi connectivity index (χ1) is 15.7. The molecule has 0 saturated carbocycles. The van der Waals surface area contributed by atoms with Crippen LogP contribution in [0.1, 0.15) is 44.2 Å². The van der Waals surface area contributed by atoms with Crippen molar-refractivity contribution in [2.24, 2.45) is 4.99 Å². The minimum atomic E-state index is 0. The van der Waals surface area contributed by atoms with Gasteiger partial charge in [-0.3, -0.25) is 0 Å². The molecule has 1 aromatic rings. The highest BCUT2D eigenvalue weighted by molar-refractivity contribution is 14.0. The maximum absolute atomic E-state index is 6.22. The monoisotopic (exact) mass is 573 g/mol. The average Bonchev–Trinajstić information content (AvgIpc) is 3.31. The van der Waals surface area contributed by atoms with E-state index >= 15 is 0 Å². The lowest BCUT2D eigenvalue weighted by atomic mass is 10.1. The predicted octanol–water partition coefficient (Wildman–Crippen LogP) is 3.25. The fourth-order valence-corrected chi connectivity index (χ4v) is 4.19. The van der Waals surface area contributed by atoms with E-state index in [-0.39, 0.29) is 30.1 Å². The van der Waals surface area contributed by atoms with Crippen LogP contribution in [-0.4, -0.2) is 87.4 Å². The minimum absolute atomic E-state index is 0. The molecule has 0 aliphatic carbocycles. The Labute approximate surface area is 217 Å². The number of guanidine groups is 1. The number of benzene rings is 1. The number of nitrogens with one attached hydrogen (secondary N) is 2. The van der Waals surface area contributed by atoms with Crippen molar-refractivity contribution in [2.75, 3.05) is 65.6 Å². The maximum atomic E-state index is 6.22. The number of hydrogen-bond acceptors (Lipinski definition) is 5. The molecule has 2 N–H and O–H groups in total. The van der Waals surface area contributed by atoms with Gasteiger partial charge in [-0.15, -0.1) is 24.0 Å². The molecule has 33 heavy (non-hydrogen) atoms. The van der Waals surface area contributed by atoms with Crippen LogP contribution >= 0.6 is 24.0 Å². The second kappa shape index (κ2) is 15.7. The Hall–Kier alpha value is -1.10. The highest BCUT2D eigenvalue weighted by Crippen LogP contribution is 2.24. The molecule has 2 heterocycles. The topological polar surface area (TPSA) is 61.4 Å². The van der Waals surface area contributed by atoms with E-state index in [0.29, 0.717) is 13.2 Å². The maximum Gasteiger partial charge on any atom is 0.191 e. The first kappa shape index (κ1) is 28.1. The fourth-order valence-electron chi connectivity index (χ4n) is 4.19. The smallest absolute Gasteiger partial charge is 0.191 e. The lowest BCUT2D eigenvalue weighted by molar-refractivity contribution is 0.136. The van der Waals surface area contributed by atoms with Gasteiger partial charge in [-0.1, -0.05) is 19.1 Å². The summed E-state index contributed by atoms with van der Waals surface area (Å²) in [6, 6.07) is 6.37. The zero-order valence-electron chi connectivity index (χ0n) is 20.8.